The van der Waals surface area contributed by atoms with Crippen LogP contribution in [0.1, 0.15) is 18.4 Å². The van der Waals surface area contributed by atoms with Gasteiger partial charge in [-0.25, -0.2) is 4.79 Å². The van der Waals surface area contributed by atoms with Crippen LogP contribution in [0.2, 0.25) is 0 Å². The molecule has 1 aliphatic heterocycles. The zero-order valence-electron chi connectivity index (χ0n) is 14.0. The molecule has 1 aromatic rings. The predicted octanol–water partition coefficient (Wildman–Crippen LogP) is 0.473. The molecule has 1 aliphatic rings. The topological polar surface area (TPSA) is 107 Å². The Labute approximate surface area is 145 Å². The molecule has 1 heterocycles. The largest absolute Gasteiger partial charge is 0.481 e. The van der Waals surface area contributed by atoms with Crippen molar-refractivity contribution in [2.24, 2.45) is 0 Å². The minimum Gasteiger partial charge on any atom is -0.481 e. The molecule has 4 amide bonds. The number of amides is 4. The number of urea groups is 1. The van der Waals surface area contributed by atoms with Crippen molar-refractivity contribution in [2.45, 2.75) is 25.3 Å². The van der Waals surface area contributed by atoms with Gasteiger partial charge in [-0.15, -0.1) is 0 Å². The molecule has 8 heteroatoms. The number of benzene rings is 1. The van der Waals surface area contributed by atoms with E-state index in [4.69, 9.17) is 5.11 Å². The van der Waals surface area contributed by atoms with Crippen molar-refractivity contribution >= 4 is 23.8 Å². The Balaban J connectivity index is 1.97. The van der Waals surface area contributed by atoms with E-state index in [2.05, 4.69) is 5.32 Å². The van der Waals surface area contributed by atoms with Gasteiger partial charge in [-0.2, -0.15) is 0 Å². The molecule has 2 N–H and O–H groups in total. The van der Waals surface area contributed by atoms with E-state index in [-0.39, 0.29) is 25.9 Å². The molecule has 1 fully saturated rings. The lowest BCUT2D eigenvalue weighted by molar-refractivity contribution is -0.137. The van der Waals surface area contributed by atoms with Gasteiger partial charge < -0.3 is 15.3 Å². The number of hydrogen-bond acceptors (Lipinski definition) is 4. The van der Waals surface area contributed by atoms with E-state index in [1.165, 1.54) is 11.9 Å². The van der Waals surface area contributed by atoms with Crippen LogP contribution in [0.25, 0.3) is 0 Å². The highest BCUT2D eigenvalue weighted by molar-refractivity contribution is 6.04. The van der Waals surface area contributed by atoms with Gasteiger partial charge in [0, 0.05) is 19.5 Å². The Morgan fingerprint density at radius 3 is 2.48 bits per heavy atom. The Morgan fingerprint density at radius 2 is 1.92 bits per heavy atom. The highest BCUT2D eigenvalue weighted by Gasteiger charge is 2.35. The fourth-order valence-corrected chi connectivity index (χ4v) is 2.66. The first-order chi connectivity index (χ1) is 11.9. The summed E-state index contributed by atoms with van der Waals surface area (Å²) in [6, 6.07) is 8.48. The van der Waals surface area contributed by atoms with E-state index < -0.39 is 29.9 Å². The molecule has 2 rings (SSSR count). The second kappa shape index (κ2) is 8.27. The molecule has 1 unspecified atom stereocenters. The van der Waals surface area contributed by atoms with Crippen LogP contribution in [0.4, 0.5) is 4.79 Å². The van der Waals surface area contributed by atoms with Crippen molar-refractivity contribution in [1.29, 1.82) is 0 Å². The summed E-state index contributed by atoms with van der Waals surface area (Å²) < 4.78 is 0. The summed E-state index contributed by atoms with van der Waals surface area (Å²) in [6.45, 7) is -0.404. The van der Waals surface area contributed by atoms with E-state index in [1.807, 2.05) is 30.3 Å². The van der Waals surface area contributed by atoms with E-state index in [9.17, 15) is 19.2 Å². The van der Waals surface area contributed by atoms with Crippen LogP contribution in [0.15, 0.2) is 30.3 Å². The smallest absolute Gasteiger partial charge is 0.327 e. The van der Waals surface area contributed by atoms with Gasteiger partial charge in [0.2, 0.25) is 5.91 Å². The molecule has 0 saturated carbocycles. The van der Waals surface area contributed by atoms with Gasteiger partial charge in [-0.1, -0.05) is 30.3 Å². The van der Waals surface area contributed by atoms with E-state index in [1.54, 1.807) is 0 Å². The predicted molar refractivity (Wildman–Crippen MR) is 88.7 cm³/mol. The van der Waals surface area contributed by atoms with Crippen molar-refractivity contribution in [2.75, 3.05) is 20.1 Å². The number of nitrogens with zero attached hydrogens (tertiary/aromatic N) is 2. The summed E-state index contributed by atoms with van der Waals surface area (Å²) in [7, 11) is 1.49. The molecule has 0 radical (unpaired) electrons. The molecule has 1 saturated heterocycles. The molecule has 8 nitrogen and oxygen atoms in total. The minimum absolute atomic E-state index is 0.0431. The van der Waals surface area contributed by atoms with Crippen LogP contribution in [-0.4, -0.2) is 64.9 Å². The third-order valence-corrected chi connectivity index (χ3v) is 3.93. The lowest BCUT2D eigenvalue weighted by atomic mass is 10.0. The third-order valence-electron chi connectivity index (χ3n) is 3.93. The van der Waals surface area contributed by atoms with Gasteiger partial charge in [0.15, 0.2) is 0 Å². The number of carboxylic acid groups (broad SMARTS) is 1. The number of likely N-dealkylation sites (N-methyl/N-ethyl adjacent to an activating group) is 1. The maximum Gasteiger partial charge on any atom is 0.327 e. The molecule has 1 atom stereocenters. The first kappa shape index (κ1) is 18.4. The summed E-state index contributed by atoms with van der Waals surface area (Å²) >= 11 is 0. The molecule has 0 aromatic heterocycles. The quantitative estimate of drug-likeness (QED) is 0.665. The molecular formula is C17H21N3O5. The lowest BCUT2D eigenvalue weighted by Crippen LogP contribution is -2.45. The number of carbonyl (C=O) groups excluding carboxylic acids is 3. The van der Waals surface area contributed by atoms with Gasteiger partial charge in [0.1, 0.15) is 13.1 Å². The molecule has 0 bridgehead atoms. The molecule has 134 valence electrons. The Morgan fingerprint density at radius 1 is 1.24 bits per heavy atom. The van der Waals surface area contributed by atoms with Gasteiger partial charge in [0.25, 0.3) is 5.91 Å². The number of nitrogens with one attached hydrogen (secondary N) is 1. The molecule has 0 spiro atoms. The molecule has 25 heavy (non-hydrogen) atoms. The zero-order chi connectivity index (χ0) is 18.4. The van der Waals surface area contributed by atoms with Crippen LogP contribution in [0, 0.1) is 0 Å². The summed E-state index contributed by atoms with van der Waals surface area (Å²) in [5, 5.41) is 11.6. The first-order valence-electron chi connectivity index (χ1n) is 7.97. The Kier molecular flexibility index (Phi) is 6.10. The number of carbonyl (C=O) groups is 4. The summed E-state index contributed by atoms with van der Waals surface area (Å²) in [4.78, 5) is 48.7. The van der Waals surface area contributed by atoms with Crippen molar-refractivity contribution in [3.05, 3.63) is 35.9 Å². The van der Waals surface area contributed by atoms with Gasteiger partial charge in [-0.3, -0.25) is 19.3 Å². The summed E-state index contributed by atoms with van der Waals surface area (Å²) in [6.07, 6.45) is 0.654. The number of rotatable bonds is 8. The molecule has 1 aromatic carbocycles. The fourth-order valence-electron chi connectivity index (χ4n) is 2.66. The average molecular weight is 347 g/mol. The van der Waals surface area contributed by atoms with Crippen molar-refractivity contribution in [1.82, 2.24) is 15.1 Å². The summed E-state index contributed by atoms with van der Waals surface area (Å²) in [5.74, 6) is -1.85. The van der Waals surface area contributed by atoms with Crippen molar-refractivity contribution in [3.8, 4) is 0 Å². The highest BCUT2D eigenvalue weighted by atomic mass is 16.4. The number of aliphatic carboxylic acids is 1. The summed E-state index contributed by atoms with van der Waals surface area (Å²) in [5.41, 5.74) is 0.964. The maximum absolute atomic E-state index is 12.2. The second-order valence-corrected chi connectivity index (χ2v) is 6.01. The third kappa shape index (κ3) is 5.30. The monoisotopic (exact) mass is 347 g/mol. The van der Waals surface area contributed by atoms with Crippen LogP contribution in [-0.2, 0) is 20.8 Å². The van der Waals surface area contributed by atoms with Crippen molar-refractivity contribution in [3.63, 3.8) is 0 Å². The number of carboxylic acids is 1. The van der Waals surface area contributed by atoms with Crippen LogP contribution in [0.3, 0.4) is 0 Å². The normalized spacial score (nSPS) is 15.4. The maximum atomic E-state index is 12.2. The standard InChI is InChI=1S/C17H21N3O5/c1-19-11-15(22)20(17(19)25)10-14(21)18-13(7-8-16(23)24)9-12-5-3-2-4-6-12/h2-6,13H,7-11H2,1H3,(H,18,21)(H,23,24). The zero-order valence-corrected chi connectivity index (χ0v) is 14.0. The highest BCUT2D eigenvalue weighted by Crippen LogP contribution is 2.10. The molecule has 0 aliphatic carbocycles. The Hall–Kier alpha value is -2.90. The second-order valence-electron chi connectivity index (χ2n) is 6.01. The molecular weight excluding hydrogens is 326 g/mol. The SMILES string of the molecule is CN1CC(=O)N(CC(=O)NC(CCC(=O)O)Cc2ccccc2)C1=O. The van der Waals surface area contributed by atoms with Gasteiger partial charge >= 0.3 is 12.0 Å². The van der Waals surface area contributed by atoms with E-state index in [0.717, 1.165) is 10.5 Å². The Bertz CT molecular complexity index is 662. The lowest BCUT2D eigenvalue weighted by Gasteiger charge is -2.20. The average Bonchev–Trinajstić information content (AvgIpc) is 2.80. The van der Waals surface area contributed by atoms with Crippen LogP contribution >= 0.6 is 0 Å². The number of hydrogen-bond donors (Lipinski definition) is 2. The van der Waals surface area contributed by atoms with Crippen molar-refractivity contribution < 1.29 is 24.3 Å². The number of imide groups is 1. The van der Waals surface area contributed by atoms with Gasteiger partial charge in [-0.05, 0) is 18.4 Å². The van der Waals surface area contributed by atoms with Crippen LogP contribution < -0.4 is 5.32 Å². The van der Waals surface area contributed by atoms with Crippen LogP contribution in [0.5, 0.6) is 0 Å². The minimum atomic E-state index is -0.946. The van der Waals surface area contributed by atoms with Gasteiger partial charge in [0.05, 0.1) is 0 Å². The fraction of sp³-hybridized carbons (Fsp3) is 0.412. The first-order valence-corrected chi connectivity index (χ1v) is 7.97. The van der Waals surface area contributed by atoms with E-state index in [0.29, 0.717) is 6.42 Å². The van der Waals surface area contributed by atoms with E-state index >= 15 is 0 Å².